The lowest BCUT2D eigenvalue weighted by Gasteiger charge is -2.21. The molecular weight excluding hydrogens is 440 g/mol. The van der Waals surface area contributed by atoms with E-state index in [2.05, 4.69) is 26.3 Å². The van der Waals surface area contributed by atoms with Gasteiger partial charge in [-0.15, -0.1) is 6.42 Å². The zero-order chi connectivity index (χ0) is 24.5. The first-order chi connectivity index (χ1) is 17.0. The number of benzene rings is 2. The normalized spacial score (nSPS) is 11.8. The van der Waals surface area contributed by atoms with Crippen LogP contribution in [-0.4, -0.2) is 29.3 Å². The molecule has 0 unspecified atom stereocenters. The van der Waals surface area contributed by atoms with Crippen molar-refractivity contribution in [2.24, 2.45) is 7.05 Å². The van der Waals surface area contributed by atoms with E-state index < -0.39 is 6.04 Å². The van der Waals surface area contributed by atoms with Crippen LogP contribution in [0.1, 0.15) is 24.4 Å². The fraction of sp³-hybridized carbons (Fsp3) is 0.115. The van der Waals surface area contributed by atoms with E-state index in [4.69, 9.17) is 17.1 Å². The Morgan fingerprint density at radius 2 is 1.89 bits per heavy atom. The summed E-state index contributed by atoms with van der Waals surface area (Å²) in [7, 11) is 1.78. The molecule has 0 bridgehead atoms. The molecule has 2 aromatic carbocycles. The van der Waals surface area contributed by atoms with Crippen molar-refractivity contribution < 1.29 is 0 Å². The van der Waals surface area contributed by atoms with Crippen molar-refractivity contribution in [3.05, 3.63) is 88.9 Å². The third kappa shape index (κ3) is 3.87. The van der Waals surface area contributed by atoms with Gasteiger partial charge in [0, 0.05) is 24.5 Å². The molecule has 172 valence electrons. The number of para-hydroxylation sites is 1. The number of hydrogen-bond donors (Lipinski definition) is 2. The van der Waals surface area contributed by atoms with Crippen molar-refractivity contribution in [2.45, 2.75) is 13.0 Å². The Hall–Kier alpha value is -4.97. The largest absolute Gasteiger partial charge is 0.398 e. The van der Waals surface area contributed by atoms with Gasteiger partial charge in [0.25, 0.3) is 5.56 Å². The van der Waals surface area contributed by atoms with E-state index >= 15 is 0 Å². The van der Waals surface area contributed by atoms with E-state index in [0.717, 1.165) is 0 Å². The highest BCUT2D eigenvalue weighted by Crippen LogP contribution is 2.31. The molecule has 0 saturated carbocycles. The van der Waals surface area contributed by atoms with Crippen LogP contribution in [0.4, 0.5) is 11.5 Å². The Morgan fingerprint density at radius 3 is 2.60 bits per heavy atom. The molecule has 5 rings (SSSR count). The van der Waals surface area contributed by atoms with Crippen LogP contribution in [0.25, 0.3) is 28.0 Å². The maximum absolute atomic E-state index is 13.8. The lowest BCUT2D eigenvalue weighted by atomic mass is 10.1. The van der Waals surface area contributed by atoms with Crippen LogP contribution in [0.3, 0.4) is 0 Å². The van der Waals surface area contributed by atoms with E-state index in [1.54, 1.807) is 53.1 Å². The molecule has 3 heterocycles. The molecule has 9 nitrogen and oxygen atoms in total. The van der Waals surface area contributed by atoms with E-state index in [1.807, 2.05) is 37.3 Å². The van der Waals surface area contributed by atoms with Crippen LogP contribution in [0, 0.1) is 12.3 Å². The van der Waals surface area contributed by atoms with Crippen LogP contribution in [-0.2, 0) is 7.05 Å². The van der Waals surface area contributed by atoms with Crippen molar-refractivity contribution in [2.75, 3.05) is 11.1 Å². The third-order valence-electron chi connectivity index (χ3n) is 5.64. The van der Waals surface area contributed by atoms with Gasteiger partial charge in [0.05, 0.1) is 28.2 Å². The van der Waals surface area contributed by atoms with Crippen LogP contribution in [0.15, 0.2) is 71.9 Å². The number of nitrogens with one attached hydrogen (secondary N) is 1. The van der Waals surface area contributed by atoms with Crippen molar-refractivity contribution in [1.82, 2.24) is 29.3 Å². The third-order valence-corrected chi connectivity index (χ3v) is 5.64. The molecule has 0 aliphatic heterocycles. The predicted octanol–water partition coefficient (Wildman–Crippen LogP) is 3.31. The van der Waals surface area contributed by atoms with Crippen molar-refractivity contribution in [1.29, 1.82) is 0 Å². The number of nitrogen functional groups attached to an aromatic ring is 1. The highest BCUT2D eigenvalue weighted by molar-refractivity contribution is 5.85. The molecule has 0 fully saturated rings. The summed E-state index contributed by atoms with van der Waals surface area (Å²) in [6, 6.07) is 15.9. The Kier molecular flexibility index (Phi) is 5.47. The first-order valence-electron chi connectivity index (χ1n) is 10.9. The van der Waals surface area contributed by atoms with Gasteiger partial charge in [-0.2, -0.15) is 5.10 Å². The molecule has 9 heteroatoms. The Balaban J connectivity index is 1.69. The maximum atomic E-state index is 13.8. The van der Waals surface area contributed by atoms with Gasteiger partial charge in [-0.1, -0.05) is 30.2 Å². The highest BCUT2D eigenvalue weighted by atomic mass is 16.1. The Bertz CT molecular complexity index is 1650. The van der Waals surface area contributed by atoms with Gasteiger partial charge < -0.3 is 11.1 Å². The first kappa shape index (κ1) is 21.9. The van der Waals surface area contributed by atoms with Gasteiger partial charge in [0.15, 0.2) is 5.82 Å². The summed E-state index contributed by atoms with van der Waals surface area (Å²) in [5.74, 6) is 4.02. The minimum Gasteiger partial charge on any atom is -0.398 e. The van der Waals surface area contributed by atoms with E-state index in [-0.39, 0.29) is 5.56 Å². The van der Waals surface area contributed by atoms with Gasteiger partial charge >= 0.3 is 0 Å². The summed E-state index contributed by atoms with van der Waals surface area (Å²) >= 11 is 0. The maximum Gasteiger partial charge on any atom is 0.267 e. The smallest absolute Gasteiger partial charge is 0.267 e. The molecule has 0 aliphatic rings. The molecule has 0 radical (unpaired) electrons. The van der Waals surface area contributed by atoms with Crippen LogP contribution >= 0.6 is 0 Å². The molecule has 3 N–H and O–H groups in total. The van der Waals surface area contributed by atoms with Crippen molar-refractivity contribution >= 4 is 22.4 Å². The Labute approximate surface area is 201 Å². The molecule has 0 saturated heterocycles. The number of terminal acetylenes is 1. The average molecular weight is 463 g/mol. The molecule has 0 spiro atoms. The number of aromatic nitrogens is 6. The van der Waals surface area contributed by atoms with Crippen LogP contribution in [0.2, 0.25) is 0 Å². The topological polar surface area (TPSA) is 117 Å². The highest BCUT2D eigenvalue weighted by Gasteiger charge is 2.22. The monoisotopic (exact) mass is 462 g/mol. The van der Waals surface area contributed by atoms with Gasteiger partial charge in [-0.05, 0) is 37.3 Å². The predicted molar refractivity (Wildman–Crippen MR) is 136 cm³/mol. The molecule has 1 atom stereocenters. The second-order valence-corrected chi connectivity index (χ2v) is 8.02. The molecule has 0 amide bonds. The van der Waals surface area contributed by atoms with E-state index in [1.165, 1.54) is 0 Å². The summed E-state index contributed by atoms with van der Waals surface area (Å²) in [5.41, 5.74) is 8.77. The standard InChI is InChI=1S/C26H22N8O/c1-4-17-9-8-12-20-21(17)26(35)34(18-10-6-5-7-11-18)25(31-20)16(2)30-23-22(19(27)13-14-28-23)24-29-15-33(3)32-24/h1,5-16H,2-3H3,(H3,27,28,30)/t16-/m0/s1. The van der Waals surface area contributed by atoms with Gasteiger partial charge in [-0.25, -0.2) is 15.0 Å². The number of anilines is 2. The van der Waals surface area contributed by atoms with Crippen molar-refractivity contribution in [3.63, 3.8) is 0 Å². The number of pyridine rings is 1. The summed E-state index contributed by atoms with van der Waals surface area (Å²) in [5, 5.41) is 8.14. The summed E-state index contributed by atoms with van der Waals surface area (Å²) in [6.07, 6.45) is 8.89. The first-order valence-corrected chi connectivity index (χ1v) is 10.9. The SMILES string of the molecule is C#Cc1cccc2nc([C@H](C)Nc3nccc(N)c3-c3ncn(C)n3)n(-c3ccccc3)c(=O)c12. The number of rotatable bonds is 5. The molecule has 3 aromatic heterocycles. The van der Waals surface area contributed by atoms with E-state index in [0.29, 0.717) is 50.9 Å². The minimum atomic E-state index is -0.446. The lowest BCUT2D eigenvalue weighted by Crippen LogP contribution is -2.28. The van der Waals surface area contributed by atoms with E-state index in [9.17, 15) is 4.79 Å². The Morgan fingerprint density at radius 1 is 1.09 bits per heavy atom. The second-order valence-electron chi connectivity index (χ2n) is 8.02. The summed E-state index contributed by atoms with van der Waals surface area (Å²) in [4.78, 5) is 27.4. The molecule has 5 aromatic rings. The van der Waals surface area contributed by atoms with Gasteiger partial charge in [-0.3, -0.25) is 14.0 Å². The van der Waals surface area contributed by atoms with Gasteiger partial charge in [0.1, 0.15) is 18.0 Å². The number of nitrogens with zero attached hydrogens (tertiary/aromatic N) is 6. The summed E-state index contributed by atoms with van der Waals surface area (Å²) < 4.78 is 3.17. The van der Waals surface area contributed by atoms with Crippen molar-refractivity contribution in [3.8, 4) is 29.4 Å². The fourth-order valence-corrected chi connectivity index (χ4v) is 4.03. The van der Waals surface area contributed by atoms with Gasteiger partial charge in [0.2, 0.25) is 0 Å². The lowest BCUT2D eigenvalue weighted by molar-refractivity contribution is 0.731. The number of nitrogens with two attached hydrogens (primary N) is 1. The number of fused-ring (bicyclic) bond motifs is 1. The zero-order valence-electron chi connectivity index (χ0n) is 19.2. The number of hydrogen-bond acceptors (Lipinski definition) is 7. The fourth-order valence-electron chi connectivity index (χ4n) is 4.03. The van der Waals surface area contributed by atoms with Crippen LogP contribution < -0.4 is 16.6 Å². The quantitative estimate of drug-likeness (QED) is 0.385. The summed E-state index contributed by atoms with van der Waals surface area (Å²) in [6.45, 7) is 1.90. The minimum absolute atomic E-state index is 0.245. The number of aryl methyl sites for hydroxylation is 1. The van der Waals surface area contributed by atoms with Crippen LogP contribution in [0.5, 0.6) is 0 Å². The molecule has 35 heavy (non-hydrogen) atoms. The molecule has 0 aliphatic carbocycles. The molecular formula is C26H22N8O. The average Bonchev–Trinajstić information content (AvgIpc) is 3.29. The second kappa shape index (κ2) is 8.76. The zero-order valence-corrected chi connectivity index (χ0v) is 19.2.